The van der Waals surface area contributed by atoms with Crippen LogP contribution >= 0.6 is 11.8 Å². The quantitative estimate of drug-likeness (QED) is 0.717. The van der Waals surface area contributed by atoms with Gasteiger partial charge in [-0.2, -0.15) is 11.8 Å². The lowest BCUT2D eigenvalue weighted by Crippen LogP contribution is -2.46. The van der Waals surface area contributed by atoms with Crippen molar-refractivity contribution in [2.75, 3.05) is 18.6 Å². The van der Waals surface area contributed by atoms with E-state index in [4.69, 9.17) is 0 Å². The van der Waals surface area contributed by atoms with Gasteiger partial charge in [-0.3, -0.25) is 0 Å². The monoisotopic (exact) mass is 336 g/mol. The molecule has 4 nitrogen and oxygen atoms in total. The highest BCUT2D eigenvalue weighted by Crippen LogP contribution is 2.41. The summed E-state index contributed by atoms with van der Waals surface area (Å²) in [5, 5.41) is 15.8. The lowest BCUT2D eigenvalue weighted by atomic mass is 10.0. The fourth-order valence-electron chi connectivity index (χ4n) is 2.70. The first-order valence-corrected chi connectivity index (χ1v) is 9.57. The second kappa shape index (κ2) is 7.58. The van der Waals surface area contributed by atoms with Crippen LogP contribution in [0, 0.1) is 0 Å². The molecule has 5 heteroatoms. The molecule has 0 radical (unpaired) electrons. The van der Waals surface area contributed by atoms with Crippen LogP contribution in [0.4, 0.5) is 4.79 Å². The number of hydrogen-bond donors (Lipinski definition) is 3. The van der Waals surface area contributed by atoms with Gasteiger partial charge in [0.1, 0.15) is 0 Å². The van der Waals surface area contributed by atoms with E-state index in [1.165, 1.54) is 11.1 Å². The Labute approximate surface area is 143 Å². The van der Waals surface area contributed by atoms with Crippen LogP contribution in [0.1, 0.15) is 50.2 Å². The molecule has 128 valence electrons. The third-order valence-electron chi connectivity index (χ3n) is 4.22. The summed E-state index contributed by atoms with van der Waals surface area (Å²) in [6.07, 6.45) is 2.92. The lowest BCUT2D eigenvalue weighted by molar-refractivity contribution is 0.0869. The van der Waals surface area contributed by atoms with Crippen LogP contribution in [0.5, 0.6) is 0 Å². The Morgan fingerprint density at radius 1 is 1.39 bits per heavy atom. The SMILES string of the molecule is CSCC(C)(O)CNC(=O)NC1CC1c1ccc(C(C)C)cc1. The normalized spacial score (nSPS) is 22.5. The van der Waals surface area contributed by atoms with Crippen molar-refractivity contribution in [2.24, 2.45) is 0 Å². The molecule has 0 spiro atoms. The summed E-state index contributed by atoms with van der Waals surface area (Å²) >= 11 is 1.57. The van der Waals surface area contributed by atoms with Crippen molar-refractivity contribution in [3.8, 4) is 0 Å². The molecular formula is C18H28N2O2S. The van der Waals surface area contributed by atoms with Gasteiger partial charge in [-0.05, 0) is 36.6 Å². The number of benzene rings is 1. The number of carbonyl (C=O) groups is 1. The number of carbonyl (C=O) groups excluding carboxylic acids is 1. The van der Waals surface area contributed by atoms with E-state index >= 15 is 0 Å². The van der Waals surface area contributed by atoms with Crippen molar-refractivity contribution in [3.05, 3.63) is 35.4 Å². The van der Waals surface area contributed by atoms with Crippen molar-refractivity contribution in [3.63, 3.8) is 0 Å². The highest BCUT2D eigenvalue weighted by Gasteiger charge is 2.39. The van der Waals surface area contributed by atoms with Crippen molar-refractivity contribution in [1.29, 1.82) is 0 Å². The number of nitrogens with one attached hydrogen (secondary N) is 2. The molecule has 0 bridgehead atoms. The minimum absolute atomic E-state index is 0.197. The number of hydrogen-bond acceptors (Lipinski definition) is 3. The van der Waals surface area contributed by atoms with E-state index < -0.39 is 5.60 Å². The molecule has 0 aromatic heterocycles. The molecule has 3 unspecified atom stereocenters. The van der Waals surface area contributed by atoms with E-state index in [2.05, 4.69) is 48.7 Å². The minimum atomic E-state index is -0.869. The van der Waals surface area contributed by atoms with Crippen LogP contribution in [0.2, 0.25) is 0 Å². The first kappa shape index (κ1) is 18.1. The molecule has 0 saturated heterocycles. The molecule has 0 heterocycles. The molecule has 1 saturated carbocycles. The number of aliphatic hydroxyl groups is 1. The van der Waals surface area contributed by atoms with Gasteiger partial charge in [0, 0.05) is 24.3 Å². The Morgan fingerprint density at radius 3 is 2.61 bits per heavy atom. The number of amides is 2. The van der Waals surface area contributed by atoms with Gasteiger partial charge in [-0.15, -0.1) is 0 Å². The Hall–Kier alpha value is -1.20. The fraction of sp³-hybridized carbons (Fsp3) is 0.611. The largest absolute Gasteiger partial charge is 0.387 e. The second-order valence-electron chi connectivity index (χ2n) is 7.03. The first-order chi connectivity index (χ1) is 10.8. The van der Waals surface area contributed by atoms with Gasteiger partial charge in [0.25, 0.3) is 0 Å². The van der Waals surface area contributed by atoms with Gasteiger partial charge in [0.15, 0.2) is 0 Å². The van der Waals surface area contributed by atoms with E-state index in [9.17, 15) is 9.90 Å². The van der Waals surface area contributed by atoms with Crippen LogP contribution in [-0.2, 0) is 0 Å². The molecule has 2 rings (SSSR count). The predicted octanol–water partition coefficient (Wildman–Crippen LogP) is 3.08. The number of thioether (sulfide) groups is 1. The number of rotatable bonds is 7. The summed E-state index contributed by atoms with van der Waals surface area (Å²) in [5.41, 5.74) is 1.76. The van der Waals surface area contributed by atoms with Gasteiger partial charge in [-0.1, -0.05) is 38.1 Å². The second-order valence-corrected chi connectivity index (χ2v) is 7.89. The summed E-state index contributed by atoms with van der Waals surface area (Å²) in [4.78, 5) is 11.9. The predicted molar refractivity (Wildman–Crippen MR) is 97.2 cm³/mol. The van der Waals surface area contributed by atoms with Gasteiger partial charge in [-0.25, -0.2) is 4.79 Å². The Balaban J connectivity index is 1.77. The van der Waals surface area contributed by atoms with Crippen LogP contribution in [0.15, 0.2) is 24.3 Å². The molecule has 2 amide bonds. The highest BCUT2D eigenvalue weighted by atomic mass is 32.2. The maximum atomic E-state index is 11.9. The molecular weight excluding hydrogens is 308 g/mol. The van der Waals surface area contributed by atoms with E-state index in [0.29, 0.717) is 17.6 Å². The maximum absolute atomic E-state index is 11.9. The molecule has 1 aliphatic carbocycles. The molecule has 3 N–H and O–H groups in total. The summed E-state index contributed by atoms with van der Waals surface area (Å²) in [6.45, 7) is 6.37. The summed E-state index contributed by atoms with van der Waals surface area (Å²) in [5.74, 6) is 1.55. The van der Waals surface area contributed by atoms with Crippen molar-refractivity contribution in [2.45, 2.75) is 50.7 Å². The Morgan fingerprint density at radius 2 is 2.04 bits per heavy atom. The molecule has 1 aliphatic rings. The zero-order chi connectivity index (χ0) is 17.0. The van der Waals surface area contributed by atoms with E-state index in [0.717, 1.165) is 6.42 Å². The van der Waals surface area contributed by atoms with E-state index in [1.54, 1.807) is 18.7 Å². The average molecular weight is 337 g/mol. The van der Waals surface area contributed by atoms with Gasteiger partial charge < -0.3 is 15.7 Å². The molecule has 3 atom stereocenters. The Kier molecular flexibility index (Phi) is 5.98. The molecule has 1 fully saturated rings. The zero-order valence-corrected chi connectivity index (χ0v) is 15.2. The van der Waals surface area contributed by atoms with Crippen LogP contribution < -0.4 is 10.6 Å². The van der Waals surface area contributed by atoms with E-state index in [1.807, 2.05) is 6.26 Å². The topological polar surface area (TPSA) is 61.4 Å². The summed E-state index contributed by atoms with van der Waals surface area (Å²) < 4.78 is 0. The molecule has 1 aromatic rings. The lowest BCUT2D eigenvalue weighted by Gasteiger charge is -2.22. The molecule has 1 aromatic carbocycles. The maximum Gasteiger partial charge on any atom is 0.315 e. The van der Waals surface area contributed by atoms with Crippen LogP contribution in [-0.4, -0.2) is 41.3 Å². The van der Waals surface area contributed by atoms with Crippen molar-refractivity contribution in [1.82, 2.24) is 10.6 Å². The van der Waals surface area contributed by atoms with Crippen molar-refractivity contribution >= 4 is 17.8 Å². The highest BCUT2D eigenvalue weighted by molar-refractivity contribution is 7.98. The van der Waals surface area contributed by atoms with Gasteiger partial charge in [0.05, 0.1) is 5.60 Å². The molecule has 0 aliphatic heterocycles. The van der Waals surface area contributed by atoms with Crippen LogP contribution in [0.25, 0.3) is 0 Å². The third kappa shape index (κ3) is 5.43. The summed E-state index contributed by atoms with van der Waals surface area (Å²) in [6, 6.07) is 8.69. The average Bonchev–Trinajstić information content (AvgIpc) is 3.24. The smallest absolute Gasteiger partial charge is 0.315 e. The van der Waals surface area contributed by atoms with Gasteiger partial charge in [0.2, 0.25) is 0 Å². The third-order valence-corrected chi connectivity index (χ3v) is 5.13. The van der Waals surface area contributed by atoms with Gasteiger partial charge >= 0.3 is 6.03 Å². The first-order valence-electron chi connectivity index (χ1n) is 8.18. The fourth-order valence-corrected chi connectivity index (χ4v) is 3.43. The Bertz CT molecular complexity index is 528. The standard InChI is InChI=1S/C18H28N2O2S/c1-12(2)13-5-7-14(8-6-13)15-9-16(15)20-17(21)19-10-18(3,22)11-23-4/h5-8,12,15-16,22H,9-11H2,1-4H3,(H2,19,20,21). The van der Waals surface area contributed by atoms with Crippen molar-refractivity contribution < 1.29 is 9.90 Å². The minimum Gasteiger partial charge on any atom is -0.387 e. The summed E-state index contributed by atoms with van der Waals surface area (Å²) in [7, 11) is 0. The van der Waals surface area contributed by atoms with E-state index in [-0.39, 0.29) is 18.6 Å². The molecule has 23 heavy (non-hydrogen) atoms. The van der Waals surface area contributed by atoms with Crippen LogP contribution in [0.3, 0.4) is 0 Å². The number of urea groups is 1. The zero-order valence-electron chi connectivity index (χ0n) is 14.4.